The Morgan fingerprint density at radius 3 is 2.28 bits per heavy atom. The molecule has 5 nitrogen and oxygen atoms in total. The molecule has 0 radical (unpaired) electrons. The number of rotatable bonds is 9. The molecular formula is C20H23NO4. The van der Waals surface area contributed by atoms with Gasteiger partial charge in [0.2, 0.25) is 5.91 Å². The topological polar surface area (TPSA) is 75.6 Å². The van der Waals surface area contributed by atoms with Gasteiger partial charge in [-0.1, -0.05) is 67.6 Å². The smallest absolute Gasteiger partial charge is 0.223 e. The van der Waals surface area contributed by atoms with Crippen LogP contribution in [0.1, 0.15) is 29.3 Å². The second kappa shape index (κ2) is 9.71. The summed E-state index contributed by atoms with van der Waals surface area (Å²) < 4.78 is 5.35. The van der Waals surface area contributed by atoms with Crippen LogP contribution in [-0.2, 0) is 16.1 Å². The first-order chi connectivity index (χ1) is 12.1. The maximum absolute atomic E-state index is 12.1. The van der Waals surface area contributed by atoms with E-state index in [1.165, 1.54) is 0 Å². The number of carbonyl (C=O) groups excluding carboxylic acids is 2. The van der Waals surface area contributed by atoms with E-state index < -0.39 is 12.2 Å². The molecule has 2 atom stereocenters. The number of aliphatic hydroxyl groups is 1. The maximum Gasteiger partial charge on any atom is 0.223 e. The molecule has 0 saturated heterocycles. The summed E-state index contributed by atoms with van der Waals surface area (Å²) in [6.07, 6.45) is -0.871. The summed E-state index contributed by atoms with van der Waals surface area (Å²) in [6.45, 7) is 1.91. The molecule has 2 rings (SSSR count). The van der Waals surface area contributed by atoms with Crippen LogP contribution in [0.3, 0.4) is 0 Å². The lowest BCUT2D eigenvalue weighted by molar-refractivity contribution is -0.137. The van der Waals surface area contributed by atoms with E-state index in [1.807, 2.05) is 36.4 Å². The number of carbonyl (C=O) groups is 2. The van der Waals surface area contributed by atoms with E-state index in [1.54, 1.807) is 31.2 Å². The third-order valence-electron chi connectivity index (χ3n) is 3.81. The minimum atomic E-state index is -1.04. The molecule has 0 aromatic heterocycles. The highest BCUT2D eigenvalue weighted by molar-refractivity contribution is 5.99. The Bertz CT molecular complexity index is 673. The van der Waals surface area contributed by atoms with Crippen LogP contribution in [0.15, 0.2) is 60.7 Å². The third-order valence-corrected chi connectivity index (χ3v) is 3.81. The van der Waals surface area contributed by atoms with Gasteiger partial charge in [-0.2, -0.15) is 0 Å². The van der Waals surface area contributed by atoms with Crippen LogP contribution in [0.2, 0.25) is 0 Å². The lowest BCUT2D eigenvalue weighted by Gasteiger charge is -2.17. The highest BCUT2D eigenvalue weighted by Crippen LogP contribution is 2.10. The van der Waals surface area contributed by atoms with Gasteiger partial charge in [0.15, 0.2) is 12.1 Å². The molecule has 5 heteroatoms. The zero-order chi connectivity index (χ0) is 18.1. The Morgan fingerprint density at radius 1 is 1.04 bits per heavy atom. The second-order valence-electron chi connectivity index (χ2n) is 5.90. The highest BCUT2D eigenvalue weighted by atomic mass is 16.6. The molecule has 0 aliphatic carbocycles. The van der Waals surface area contributed by atoms with Gasteiger partial charge >= 0.3 is 0 Å². The summed E-state index contributed by atoms with van der Waals surface area (Å²) in [6, 6.07) is 18.3. The average molecular weight is 341 g/mol. The fourth-order valence-corrected chi connectivity index (χ4v) is 2.31. The fraction of sp³-hybridized carbons (Fsp3) is 0.300. The van der Waals surface area contributed by atoms with E-state index in [2.05, 4.69) is 5.32 Å². The summed E-state index contributed by atoms with van der Waals surface area (Å²) in [4.78, 5) is 24.0. The number of benzene rings is 2. The molecule has 0 spiro atoms. The zero-order valence-electron chi connectivity index (χ0n) is 14.2. The van der Waals surface area contributed by atoms with Crippen molar-refractivity contribution in [2.75, 3.05) is 6.54 Å². The molecule has 0 aliphatic rings. The van der Waals surface area contributed by atoms with Crippen molar-refractivity contribution in [3.05, 3.63) is 71.8 Å². The third kappa shape index (κ3) is 6.49. The molecule has 0 saturated carbocycles. The van der Waals surface area contributed by atoms with E-state index in [-0.39, 0.29) is 31.3 Å². The van der Waals surface area contributed by atoms with E-state index >= 15 is 0 Å². The van der Waals surface area contributed by atoms with Gasteiger partial charge in [0.05, 0.1) is 13.2 Å². The van der Waals surface area contributed by atoms with Gasteiger partial charge < -0.3 is 15.2 Å². The summed E-state index contributed by atoms with van der Waals surface area (Å²) in [5.74, 6) is -0.900. The number of ether oxygens (including phenoxy) is 1. The quantitative estimate of drug-likeness (QED) is 0.543. The van der Waals surface area contributed by atoms with Crippen molar-refractivity contribution in [3.8, 4) is 0 Å². The lowest BCUT2D eigenvalue weighted by atomic mass is 10.1. The van der Waals surface area contributed by atoms with Crippen molar-refractivity contribution in [1.29, 1.82) is 0 Å². The molecule has 0 bridgehead atoms. The monoisotopic (exact) mass is 341 g/mol. The highest BCUT2D eigenvalue weighted by Gasteiger charge is 2.18. The summed E-state index contributed by atoms with van der Waals surface area (Å²) in [5, 5.41) is 12.5. The molecule has 132 valence electrons. The number of amides is 1. The Balaban J connectivity index is 1.71. The minimum absolute atomic E-state index is 0.0614. The van der Waals surface area contributed by atoms with E-state index in [0.29, 0.717) is 5.56 Å². The number of aliphatic hydroxyl groups excluding tert-OH is 1. The van der Waals surface area contributed by atoms with Crippen LogP contribution in [0.25, 0.3) is 0 Å². The molecule has 0 heterocycles. The molecule has 2 aromatic carbocycles. The van der Waals surface area contributed by atoms with E-state index in [9.17, 15) is 14.7 Å². The molecular weight excluding hydrogens is 318 g/mol. The van der Waals surface area contributed by atoms with Crippen molar-refractivity contribution in [3.63, 3.8) is 0 Å². The number of hydrogen-bond donors (Lipinski definition) is 2. The summed E-state index contributed by atoms with van der Waals surface area (Å²) in [7, 11) is 0. The van der Waals surface area contributed by atoms with Gasteiger partial charge in [-0.3, -0.25) is 9.59 Å². The van der Waals surface area contributed by atoms with Gasteiger partial charge in [0.1, 0.15) is 0 Å². The number of Topliss-reactive ketones (excluding diaryl/α,β-unsaturated/α-hetero) is 1. The average Bonchev–Trinajstić information content (AvgIpc) is 2.65. The number of nitrogens with one attached hydrogen (secondary N) is 1. The normalized spacial score (nSPS) is 13.0. The molecule has 0 unspecified atom stereocenters. The SMILES string of the molecule is C[C@H](C[C@@H](O)OCc1ccccc1)C(=O)NCC(=O)c1ccccc1. The first kappa shape index (κ1) is 18.8. The van der Waals surface area contributed by atoms with Crippen LogP contribution in [0, 0.1) is 5.92 Å². The molecule has 0 fully saturated rings. The lowest BCUT2D eigenvalue weighted by Crippen LogP contribution is -2.35. The van der Waals surface area contributed by atoms with Crippen molar-refractivity contribution < 1.29 is 19.4 Å². The van der Waals surface area contributed by atoms with Gasteiger partial charge in [-0.05, 0) is 5.56 Å². The standard InChI is InChI=1S/C20H23NO4/c1-15(12-19(23)25-14-16-8-4-2-5-9-16)20(24)21-13-18(22)17-10-6-3-7-11-17/h2-11,15,19,23H,12-14H2,1H3,(H,21,24)/t15-,19+/m1/s1. The van der Waals surface area contributed by atoms with E-state index in [4.69, 9.17) is 4.74 Å². The van der Waals surface area contributed by atoms with Crippen molar-refractivity contribution >= 4 is 11.7 Å². The fourth-order valence-electron chi connectivity index (χ4n) is 2.31. The van der Waals surface area contributed by atoms with Crippen molar-refractivity contribution in [1.82, 2.24) is 5.32 Å². The molecule has 25 heavy (non-hydrogen) atoms. The predicted octanol–water partition coefficient (Wildman–Crippen LogP) is 2.55. The Hall–Kier alpha value is -2.50. The number of ketones is 1. The van der Waals surface area contributed by atoms with Gasteiger partial charge in [-0.15, -0.1) is 0 Å². The summed E-state index contributed by atoms with van der Waals surface area (Å²) >= 11 is 0. The molecule has 0 aliphatic heterocycles. The minimum Gasteiger partial charge on any atom is -0.368 e. The van der Waals surface area contributed by atoms with Crippen molar-refractivity contribution in [2.24, 2.45) is 5.92 Å². The first-order valence-electron chi connectivity index (χ1n) is 8.26. The van der Waals surface area contributed by atoms with Crippen LogP contribution >= 0.6 is 0 Å². The van der Waals surface area contributed by atoms with E-state index in [0.717, 1.165) is 5.56 Å². The van der Waals surface area contributed by atoms with Gasteiger partial charge in [0, 0.05) is 17.9 Å². The Kier molecular flexibility index (Phi) is 7.32. The van der Waals surface area contributed by atoms with Crippen LogP contribution in [0.4, 0.5) is 0 Å². The van der Waals surface area contributed by atoms with Crippen molar-refractivity contribution in [2.45, 2.75) is 26.2 Å². The van der Waals surface area contributed by atoms with Crippen LogP contribution in [0.5, 0.6) is 0 Å². The Labute approximate surface area is 147 Å². The first-order valence-corrected chi connectivity index (χ1v) is 8.26. The zero-order valence-corrected chi connectivity index (χ0v) is 14.2. The summed E-state index contributed by atoms with van der Waals surface area (Å²) in [5.41, 5.74) is 1.51. The van der Waals surface area contributed by atoms with Gasteiger partial charge in [-0.25, -0.2) is 0 Å². The molecule has 2 N–H and O–H groups in total. The molecule has 1 amide bonds. The van der Waals surface area contributed by atoms with Crippen LogP contribution in [-0.4, -0.2) is 29.6 Å². The van der Waals surface area contributed by atoms with Crippen LogP contribution < -0.4 is 5.32 Å². The Morgan fingerprint density at radius 2 is 1.64 bits per heavy atom. The second-order valence-corrected chi connectivity index (χ2v) is 5.90. The number of hydrogen-bond acceptors (Lipinski definition) is 4. The maximum atomic E-state index is 12.1. The largest absolute Gasteiger partial charge is 0.368 e. The van der Waals surface area contributed by atoms with Gasteiger partial charge in [0.25, 0.3) is 0 Å². The predicted molar refractivity (Wildman–Crippen MR) is 94.8 cm³/mol. The molecule has 2 aromatic rings.